The predicted octanol–water partition coefficient (Wildman–Crippen LogP) is 12.9. The molecule has 3 saturated carbocycles. The molecule has 3 aromatic carbocycles. The van der Waals surface area contributed by atoms with Crippen LogP contribution in [-0.2, 0) is 8.36 Å². The van der Waals surface area contributed by atoms with Gasteiger partial charge in [0.15, 0.2) is 0 Å². The third-order valence-corrected chi connectivity index (χ3v) is 43.9. The van der Waals surface area contributed by atoms with Crippen molar-refractivity contribution in [1.82, 2.24) is 0 Å². The van der Waals surface area contributed by atoms with E-state index in [0.29, 0.717) is 0 Å². The van der Waals surface area contributed by atoms with Gasteiger partial charge in [0.05, 0.1) is 0 Å². The summed E-state index contributed by atoms with van der Waals surface area (Å²) in [6.07, 6.45) is 17.9. The summed E-state index contributed by atoms with van der Waals surface area (Å²) in [5.41, 5.74) is 6.41. The van der Waals surface area contributed by atoms with Crippen LogP contribution < -0.4 is 9.80 Å². The Kier molecular flexibility index (Phi) is 8.54. The summed E-state index contributed by atoms with van der Waals surface area (Å²) in [5.74, 6) is 0. The molecule has 1 aliphatic heterocycles. The van der Waals surface area contributed by atoms with Crippen LogP contribution in [-0.4, -0.2) is 22.1 Å². The van der Waals surface area contributed by atoms with Crippen LogP contribution in [0.1, 0.15) is 113 Å². The van der Waals surface area contributed by atoms with Crippen molar-refractivity contribution in [1.29, 1.82) is 0 Å². The van der Waals surface area contributed by atoms with Crippen molar-refractivity contribution in [3.05, 3.63) is 95.6 Å². The molecule has 3 aromatic rings. The summed E-state index contributed by atoms with van der Waals surface area (Å²) in [4.78, 5) is 5.43. The van der Waals surface area contributed by atoms with E-state index >= 15 is 0 Å². The third-order valence-electron chi connectivity index (χ3n) is 12.6. The zero-order valence-electron chi connectivity index (χ0n) is 28.8. The predicted molar refractivity (Wildman–Crippen MR) is 206 cm³/mol. The van der Waals surface area contributed by atoms with Gasteiger partial charge in [-0.05, 0) is 0 Å². The summed E-state index contributed by atoms with van der Waals surface area (Å²) in [7, 11) is 13.8. The van der Waals surface area contributed by atoms with E-state index in [-0.39, 0.29) is 13.5 Å². The maximum absolute atomic E-state index is 10.0. The van der Waals surface area contributed by atoms with Crippen molar-refractivity contribution < 1.29 is 8.36 Å². The number of aryl methyl sites for hydroxylation is 2. The van der Waals surface area contributed by atoms with Crippen LogP contribution in [0.15, 0.2) is 78.9 Å². The molecule has 0 radical (unpaired) electrons. The van der Waals surface area contributed by atoms with Crippen molar-refractivity contribution in [2.24, 2.45) is 0 Å². The Labute approximate surface area is 288 Å². The molecule has 0 N–H and O–H groups in total. The van der Waals surface area contributed by atoms with E-state index in [2.05, 4.69) is 107 Å². The molecule has 257 valence electrons. The molecule has 0 spiro atoms. The number of hydrogen-bond donors (Lipinski definition) is 0. The van der Waals surface area contributed by atoms with Gasteiger partial charge in [-0.1, -0.05) is 0 Å². The van der Waals surface area contributed by atoms with E-state index in [1.807, 2.05) is 0 Å². The molecule has 1 heterocycles. The molecule has 4 fully saturated rings. The Morgan fingerprint density at radius 3 is 1.26 bits per heavy atom. The van der Waals surface area contributed by atoms with Gasteiger partial charge in [-0.3, -0.25) is 0 Å². The van der Waals surface area contributed by atoms with Crippen molar-refractivity contribution >= 4 is 39.7 Å². The Morgan fingerprint density at radius 1 is 0.511 bits per heavy atom. The molecular weight excluding hydrogens is 704 g/mol. The Hall–Kier alpha value is -1.80. The van der Waals surface area contributed by atoms with Crippen molar-refractivity contribution in [3.63, 3.8) is 0 Å². The fraction of sp³-hybridized carbons (Fsp3) is 0.524. The number of halogens is 2. The number of anilines is 2. The second kappa shape index (κ2) is 11.9. The summed E-state index contributed by atoms with van der Waals surface area (Å²) in [6.45, 7) is 6.36. The summed E-state index contributed by atoms with van der Waals surface area (Å²) < 4.78 is 4.78. The standard InChI is InChI=1S/C17H18N2.C7H6.3C6H11.2ClH.Ru/c1-14-7-3-5-9-16(14)18-11-12-19(13-18)17-10-6-4-8-15(17)2;1-7-5-3-2-4-6-7;3*1-2-4-6-5-3-1;;;/h3-10H,11-12H2,1-2H3;1-6H;3*1H,2-6H2;2*1H;/q;;;;;;;+2/p-2. The Bertz CT molecular complexity index is 1730. The van der Waals surface area contributed by atoms with E-state index in [1.165, 1.54) is 90.2 Å². The molecule has 0 atom stereocenters. The summed E-state index contributed by atoms with van der Waals surface area (Å²) in [6, 6.07) is 29.3. The topological polar surface area (TPSA) is 6.48 Å². The van der Waals surface area contributed by atoms with Gasteiger partial charge in [-0.25, -0.2) is 0 Å². The molecule has 0 unspecified atom stereocenters. The number of benzene rings is 3. The fourth-order valence-corrected chi connectivity index (χ4v) is 42.4. The van der Waals surface area contributed by atoms with Crippen LogP contribution in [0.4, 0.5) is 11.4 Å². The second-order valence-electron chi connectivity index (χ2n) is 15.2. The van der Waals surface area contributed by atoms with E-state index in [4.69, 9.17) is 0 Å². The van der Waals surface area contributed by atoms with Gasteiger partial charge in [0.2, 0.25) is 0 Å². The quantitative estimate of drug-likeness (QED) is 0.231. The van der Waals surface area contributed by atoms with E-state index in [9.17, 15) is 19.4 Å². The van der Waals surface area contributed by atoms with Gasteiger partial charge < -0.3 is 0 Å². The first kappa shape index (κ1) is 33.7. The van der Waals surface area contributed by atoms with Gasteiger partial charge in [-0.15, -0.1) is 0 Å². The van der Waals surface area contributed by atoms with E-state index in [1.54, 1.807) is 0 Å². The first-order valence-electron chi connectivity index (χ1n) is 18.6. The Balaban J connectivity index is 1.83. The minimum absolute atomic E-state index is 0.242. The molecule has 1 saturated heterocycles. The van der Waals surface area contributed by atoms with Crippen molar-refractivity contribution in [3.8, 4) is 0 Å². The van der Waals surface area contributed by atoms with Gasteiger partial charge in [0.1, 0.15) is 0 Å². The normalized spacial score (nSPS) is 23.1. The van der Waals surface area contributed by atoms with E-state index in [0.717, 1.165) is 51.6 Å². The molecule has 4 aliphatic rings. The van der Waals surface area contributed by atoms with Gasteiger partial charge >= 0.3 is 290 Å². The molecule has 0 aromatic heterocycles. The summed E-state index contributed by atoms with van der Waals surface area (Å²) >= 11 is 0. The van der Waals surface area contributed by atoms with Crippen LogP contribution in [0.5, 0.6) is 0 Å². The zero-order valence-corrected chi connectivity index (χ0v) is 32.1. The molecule has 3 aliphatic carbocycles. The van der Waals surface area contributed by atoms with Gasteiger partial charge in [0, 0.05) is 0 Å². The van der Waals surface area contributed by atoms with Crippen LogP contribution in [0.3, 0.4) is 0 Å². The number of para-hydroxylation sites is 2. The van der Waals surface area contributed by atoms with Crippen LogP contribution in [0.25, 0.3) is 0 Å². The molecule has 0 bridgehead atoms. The zero-order chi connectivity index (χ0) is 32.6. The minimum atomic E-state index is -6.25. The molecular formula is C42H57Cl2N2Ru. The van der Waals surface area contributed by atoms with Crippen LogP contribution in [0, 0.1) is 13.8 Å². The molecule has 7 rings (SSSR count). The number of rotatable bonds is 6. The molecule has 0 amide bonds. The fourth-order valence-electron chi connectivity index (χ4n) is 10.5. The second-order valence-corrected chi connectivity index (χ2v) is 41.4. The van der Waals surface area contributed by atoms with Crippen LogP contribution >= 0.6 is 19.4 Å². The molecule has 2 nitrogen and oxygen atoms in total. The molecule has 5 heteroatoms. The average Bonchev–Trinajstić information content (AvgIpc) is 3.58. The number of hydrogen-bond acceptors (Lipinski definition) is 2. The average molecular weight is 762 g/mol. The Morgan fingerprint density at radius 2 is 0.872 bits per heavy atom. The summed E-state index contributed by atoms with van der Waals surface area (Å²) in [5, 5.41) is 0. The maximum atomic E-state index is 10.0. The number of nitrogens with zero attached hydrogens (tertiary/aromatic N) is 2. The monoisotopic (exact) mass is 761 g/mol. The van der Waals surface area contributed by atoms with Crippen molar-refractivity contribution in [2.45, 2.75) is 124 Å². The van der Waals surface area contributed by atoms with Gasteiger partial charge in [0.25, 0.3) is 0 Å². The first-order chi connectivity index (χ1) is 22.7. The van der Waals surface area contributed by atoms with Crippen LogP contribution in [0.2, 0.25) is 13.5 Å². The van der Waals surface area contributed by atoms with E-state index < -0.39 is 8.36 Å². The van der Waals surface area contributed by atoms with Gasteiger partial charge in [-0.2, -0.15) is 0 Å². The van der Waals surface area contributed by atoms with Crippen molar-refractivity contribution in [2.75, 3.05) is 22.9 Å². The SMILES string of the molecule is Cc1ccccc1N1CCN(c2ccccc2C)[C]1=[Ru]([Cl])([Cl])(=[CH]c1ccccc1)([CH]1CCCCC1)([CH]1CCCCC1)[CH]1CCCCC1. The first-order valence-corrected chi connectivity index (χ1v) is 28.0. The molecule has 47 heavy (non-hydrogen) atoms. The third kappa shape index (κ3) is 4.72.